The van der Waals surface area contributed by atoms with Crippen molar-refractivity contribution >= 4 is 11.5 Å². The summed E-state index contributed by atoms with van der Waals surface area (Å²) in [6.45, 7) is 4.18. The Morgan fingerprint density at radius 2 is 2.29 bits per heavy atom. The summed E-state index contributed by atoms with van der Waals surface area (Å²) in [4.78, 5) is 13.6. The summed E-state index contributed by atoms with van der Waals surface area (Å²) in [5.74, 6) is -0.144. The van der Waals surface area contributed by atoms with Crippen LogP contribution in [0.4, 0.5) is 11.5 Å². The molecule has 0 aliphatic heterocycles. The third kappa shape index (κ3) is 5.26. The number of rotatable bonds is 8. The van der Waals surface area contributed by atoms with E-state index < -0.39 is 4.92 Å². The van der Waals surface area contributed by atoms with Crippen LogP contribution in [-0.4, -0.2) is 29.7 Å². The van der Waals surface area contributed by atoms with E-state index in [1.807, 2.05) is 0 Å². The standard InChI is InChI=1S/C11H17N3O3/c1-2-3-7-17-8-6-12-10-4-5-11(13-9-10)14(15)16/h4-5,9,12H,2-3,6-8H2,1H3. The van der Waals surface area contributed by atoms with Gasteiger partial charge in [-0.2, -0.15) is 0 Å². The molecule has 0 bridgehead atoms. The van der Waals surface area contributed by atoms with Crippen molar-refractivity contribution in [2.45, 2.75) is 19.8 Å². The van der Waals surface area contributed by atoms with Crippen molar-refractivity contribution in [2.24, 2.45) is 0 Å². The Labute approximate surface area is 100 Å². The second kappa shape index (κ2) is 7.56. The van der Waals surface area contributed by atoms with Crippen molar-refractivity contribution in [1.82, 2.24) is 4.98 Å². The zero-order valence-electron chi connectivity index (χ0n) is 9.89. The first kappa shape index (κ1) is 13.4. The van der Waals surface area contributed by atoms with Crippen molar-refractivity contribution in [1.29, 1.82) is 0 Å². The third-order valence-electron chi connectivity index (χ3n) is 2.15. The maximum Gasteiger partial charge on any atom is 0.363 e. The van der Waals surface area contributed by atoms with Gasteiger partial charge < -0.3 is 20.2 Å². The van der Waals surface area contributed by atoms with Crippen molar-refractivity contribution in [3.8, 4) is 0 Å². The smallest absolute Gasteiger partial charge is 0.363 e. The number of unbranched alkanes of at least 4 members (excludes halogenated alkanes) is 1. The first-order chi connectivity index (χ1) is 8.24. The molecule has 0 aromatic carbocycles. The van der Waals surface area contributed by atoms with Crippen LogP contribution in [0.1, 0.15) is 19.8 Å². The average molecular weight is 239 g/mol. The second-order valence-electron chi connectivity index (χ2n) is 3.55. The van der Waals surface area contributed by atoms with Gasteiger partial charge in [-0.05, 0) is 22.4 Å². The van der Waals surface area contributed by atoms with Crippen LogP contribution < -0.4 is 5.32 Å². The van der Waals surface area contributed by atoms with Gasteiger partial charge in [0.1, 0.15) is 0 Å². The molecule has 0 saturated carbocycles. The molecular weight excluding hydrogens is 222 g/mol. The summed E-state index contributed by atoms with van der Waals surface area (Å²) < 4.78 is 5.37. The quantitative estimate of drug-likeness (QED) is 0.427. The van der Waals surface area contributed by atoms with Gasteiger partial charge in [0.2, 0.25) is 0 Å². The Morgan fingerprint density at radius 1 is 1.47 bits per heavy atom. The van der Waals surface area contributed by atoms with Gasteiger partial charge in [-0.15, -0.1) is 0 Å². The van der Waals surface area contributed by atoms with Gasteiger partial charge in [0, 0.05) is 19.2 Å². The van der Waals surface area contributed by atoms with Gasteiger partial charge in [-0.3, -0.25) is 0 Å². The molecule has 1 aromatic heterocycles. The van der Waals surface area contributed by atoms with E-state index in [-0.39, 0.29) is 5.82 Å². The lowest BCUT2D eigenvalue weighted by atomic mass is 10.4. The highest BCUT2D eigenvalue weighted by Gasteiger charge is 2.05. The number of nitrogens with zero attached hydrogens (tertiary/aromatic N) is 2. The van der Waals surface area contributed by atoms with Crippen LogP contribution in [0.25, 0.3) is 0 Å². The van der Waals surface area contributed by atoms with E-state index >= 15 is 0 Å². The fourth-order valence-corrected chi connectivity index (χ4v) is 1.21. The molecule has 1 rings (SSSR count). The Balaban J connectivity index is 2.21. The Morgan fingerprint density at radius 3 is 2.88 bits per heavy atom. The highest BCUT2D eigenvalue weighted by atomic mass is 16.6. The van der Waals surface area contributed by atoms with E-state index in [1.54, 1.807) is 6.07 Å². The lowest BCUT2D eigenvalue weighted by molar-refractivity contribution is -0.389. The predicted molar refractivity (Wildman–Crippen MR) is 65.1 cm³/mol. The molecule has 0 atom stereocenters. The van der Waals surface area contributed by atoms with Crippen LogP contribution in [0.3, 0.4) is 0 Å². The number of hydrogen-bond acceptors (Lipinski definition) is 5. The van der Waals surface area contributed by atoms with E-state index in [1.165, 1.54) is 12.3 Å². The molecule has 94 valence electrons. The minimum absolute atomic E-state index is 0.144. The fraction of sp³-hybridized carbons (Fsp3) is 0.545. The predicted octanol–water partition coefficient (Wildman–Crippen LogP) is 2.22. The van der Waals surface area contributed by atoms with Crippen LogP contribution in [0.15, 0.2) is 18.3 Å². The lowest BCUT2D eigenvalue weighted by Gasteiger charge is -2.05. The Hall–Kier alpha value is -1.69. The minimum atomic E-state index is -0.516. The SMILES string of the molecule is CCCCOCCNc1ccc([N+](=O)[O-])nc1. The molecule has 0 unspecified atom stereocenters. The number of anilines is 1. The number of nitro groups is 1. The van der Waals surface area contributed by atoms with E-state index in [0.717, 1.165) is 25.1 Å². The van der Waals surface area contributed by atoms with Crippen LogP contribution in [-0.2, 0) is 4.74 Å². The first-order valence-corrected chi connectivity index (χ1v) is 5.66. The molecule has 6 heteroatoms. The molecular formula is C11H17N3O3. The molecule has 1 heterocycles. The molecule has 0 radical (unpaired) electrons. The van der Waals surface area contributed by atoms with E-state index in [9.17, 15) is 10.1 Å². The number of hydrogen-bond donors (Lipinski definition) is 1. The molecule has 0 amide bonds. The summed E-state index contributed by atoms with van der Waals surface area (Å²) in [6.07, 6.45) is 3.64. The Bertz CT molecular complexity index is 340. The molecule has 17 heavy (non-hydrogen) atoms. The molecule has 0 saturated heterocycles. The van der Waals surface area contributed by atoms with Gasteiger partial charge in [-0.1, -0.05) is 13.3 Å². The number of ether oxygens (including phenoxy) is 1. The molecule has 1 N–H and O–H groups in total. The zero-order valence-corrected chi connectivity index (χ0v) is 9.89. The first-order valence-electron chi connectivity index (χ1n) is 5.66. The normalized spacial score (nSPS) is 10.2. The number of aromatic nitrogens is 1. The number of nitrogens with one attached hydrogen (secondary N) is 1. The van der Waals surface area contributed by atoms with Gasteiger partial charge >= 0.3 is 5.82 Å². The Kier molecular flexibility index (Phi) is 5.95. The summed E-state index contributed by atoms with van der Waals surface area (Å²) in [6, 6.07) is 3.01. The van der Waals surface area contributed by atoms with Crippen LogP contribution in [0, 0.1) is 10.1 Å². The summed E-state index contributed by atoms with van der Waals surface area (Å²) in [5.41, 5.74) is 0.759. The van der Waals surface area contributed by atoms with Crippen molar-refractivity contribution < 1.29 is 9.66 Å². The second-order valence-corrected chi connectivity index (χ2v) is 3.55. The maximum atomic E-state index is 10.4. The minimum Gasteiger partial charge on any atom is -0.380 e. The van der Waals surface area contributed by atoms with E-state index in [0.29, 0.717) is 13.2 Å². The van der Waals surface area contributed by atoms with Crippen molar-refractivity contribution in [3.05, 3.63) is 28.4 Å². The van der Waals surface area contributed by atoms with Crippen LogP contribution in [0.5, 0.6) is 0 Å². The maximum absolute atomic E-state index is 10.4. The van der Waals surface area contributed by atoms with Gasteiger partial charge in [0.15, 0.2) is 6.20 Å². The molecule has 6 nitrogen and oxygen atoms in total. The van der Waals surface area contributed by atoms with Gasteiger partial charge in [0.05, 0.1) is 12.3 Å². The van der Waals surface area contributed by atoms with E-state index in [4.69, 9.17) is 4.74 Å². The summed E-state index contributed by atoms with van der Waals surface area (Å²) >= 11 is 0. The van der Waals surface area contributed by atoms with Crippen molar-refractivity contribution in [3.63, 3.8) is 0 Å². The van der Waals surface area contributed by atoms with Gasteiger partial charge in [0.25, 0.3) is 0 Å². The largest absolute Gasteiger partial charge is 0.380 e. The fourth-order valence-electron chi connectivity index (χ4n) is 1.21. The summed E-state index contributed by atoms with van der Waals surface area (Å²) in [5, 5.41) is 13.5. The molecule has 0 aliphatic carbocycles. The van der Waals surface area contributed by atoms with Crippen molar-refractivity contribution in [2.75, 3.05) is 25.1 Å². The van der Waals surface area contributed by atoms with Crippen LogP contribution in [0.2, 0.25) is 0 Å². The highest BCUT2D eigenvalue weighted by molar-refractivity contribution is 5.43. The third-order valence-corrected chi connectivity index (χ3v) is 2.15. The molecule has 1 aromatic rings. The topological polar surface area (TPSA) is 77.3 Å². The van der Waals surface area contributed by atoms with E-state index in [2.05, 4.69) is 17.2 Å². The summed E-state index contributed by atoms with van der Waals surface area (Å²) in [7, 11) is 0. The average Bonchev–Trinajstić information content (AvgIpc) is 2.34. The molecule has 0 spiro atoms. The van der Waals surface area contributed by atoms with Gasteiger partial charge in [-0.25, -0.2) is 0 Å². The number of pyridine rings is 1. The molecule has 0 aliphatic rings. The highest BCUT2D eigenvalue weighted by Crippen LogP contribution is 2.10. The lowest BCUT2D eigenvalue weighted by Crippen LogP contribution is -2.10. The van der Waals surface area contributed by atoms with Crippen LogP contribution >= 0.6 is 0 Å². The molecule has 0 fully saturated rings. The monoisotopic (exact) mass is 239 g/mol. The zero-order chi connectivity index (χ0) is 12.5.